The van der Waals surface area contributed by atoms with Gasteiger partial charge >= 0.3 is 0 Å². The molecule has 0 spiro atoms. The maximum Gasteiger partial charge on any atom is 0.259 e. The van der Waals surface area contributed by atoms with Gasteiger partial charge in [0.2, 0.25) is 0 Å². The Balaban J connectivity index is 1.77. The lowest BCUT2D eigenvalue weighted by Gasteiger charge is -2.27. The van der Waals surface area contributed by atoms with Crippen LogP contribution in [-0.2, 0) is 13.5 Å². The minimum atomic E-state index is -0.177. The summed E-state index contributed by atoms with van der Waals surface area (Å²) in [4.78, 5) is 24.1. The number of nitrogens with one attached hydrogen (secondary N) is 1. The summed E-state index contributed by atoms with van der Waals surface area (Å²) in [6.07, 6.45) is 12.4. The molecule has 130 valence electrons. The molecule has 1 saturated carbocycles. The number of nitrogens with zero attached hydrogens (tertiary/aromatic N) is 4. The highest BCUT2D eigenvalue weighted by Gasteiger charge is 2.23. The summed E-state index contributed by atoms with van der Waals surface area (Å²) in [5.41, 5.74) is 8.54. The Morgan fingerprint density at radius 1 is 1.32 bits per heavy atom. The fourth-order valence-corrected chi connectivity index (χ4v) is 3.68. The molecule has 4 rings (SSSR count). The van der Waals surface area contributed by atoms with E-state index in [-0.39, 0.29) is 11.6 Å². The van der Waals surface area contributed by atoms with Crippen LogP contribution in [0.4, 0.5) is 0 Å². The van der Waals surface area contributed by atoms with Gasteiger partial charge in [0.25, 0.3) is 5.56 Å². The number of pyridine rings is 1. The summed E-state index contributed by atoms with van der Waals surface area (Å²) < 4.78 is 1.73. The first-order chi connectivity index (χ1) is 12.1. The summed E-state index contributed by atoms with van der Waals surface area (Å²) in [5.74, 6) is 1.17. The topological polar surface area (TPSA) is 102 Å². The Labute approximate surface area is 145 Å². The lowest BCUT2D eigenvalue weighted by molar-refractivity contribution is 0.302. The Kier molecular flexibility index (Phi) is 4.09. The highest BCUT2D eigenvalue weighted by molar-refractivity contribution is 5.91. The molecule has 0 aromatic carbocycles. The summed E-state index contributed by atoms with van der Waals surface area (Å²) in [6, 6.07) is 0.213. The summed E-state index contributed by atoms with van der Waals surface area (Å²) in [6.45, 7) is 0. The molecule has 2 atom stereocenters. The molecule has 0 amide bonds. The summed E-state index contributed by atoms with van der Waals surface area (Å²) in [5, 5.41) is 4.71. The number of H-pyrrole nitrogens is 1. The van der Waals surface area contributed by atoms with Crippen molar-refractivity contribution in [2.45, 2.75) is 38.1 Å². The molecule has 3 aromatic rings. The molecule has 25 heavy (non-hydrogen) atoms. The number of rotatable bonds is 3. The highest BCUT2D eigenvalue weighted by Crippen LogP contribution is 2.27. The maximum absolute atomic E-state index is 12.1. The van der Waals surface area contributed by atoms with E-state index in [9.17, 15) is 4.79 Å². The van der Waals surface area contributed by atoms with Crippen LogP contribution in [0.3, 0.4) is 0 Å². The third kappa shape index (κ3) is 3.07. The lowest BCUT2D eigenvalue weighted by atomic mass is 9.83. The van der Waals surface area contributed by atoms with Crippen LogP contribution in [0.25, 0.3) is 22.0 Å². The van der Waals surface area contributed by atoms with Gasteiger partial charge in [-0.15, -0.1) is 0 Å². The van der Waals surface area contributed by atoms with Gasteiger partial charge in [0.1, 0.15) is 5.82 Å². The van der Waals surface area contributed by atoms with E-state index in [0.717, 1.165) is 36.2 Å². The van der Waals surface area contributed by atoms with Crippen LogP contribution in [0.5, 0.6) is 0 Å². The van der Waals surface area contributed by atoms with Crippen LogP contribution in [0, 0.1) is 5.92 Å². The Bertz CT molecular complexity index is 960. The summed E-state index contributed by atoms with van der Waals surface area (Å²) >= 11 is 0. The smallest absolute Gasteiger partial charge is 0.259 e. The zero-order valence-corrected chi connectivity index (χ0v) is 14.3. The first kappa shape index (κ1) is 16.0. The van der Waals surface area contributed by atoms with Gasteiger partial charge < -0.3 is 10.7 Å². The molecule has 7 heteroatoms. The Morgan fingerprint density at radius 3 is 2.92 bits per heavy atom. The van der Waals surface area contributed by atoms with Gasteiger partial charge in [0, 0.05) is 49.2 Å². The molecule has 0 unspecified atom stereocenters. The SMILES string of the molecule is Cn1cc(-c2c[nH]c(=O)c3cnc(C[C@H]4CCCC[C@H]4N)nc23)cn1. The average Bonchev–Trinajstić information content (AvgIpc) is 3.03. The van der Waals surface area contributed by atoms with Gasteiger partial charge in [0.15, 0.2) is 0 Å². The maximum atomic E-state index is 12.1. The van der Waals surface area contributed by atoms with Gasteiger partial charge in [-0.2, -0.15) is 5.10 Å². The minimum Gasteiger partial charge on any atom is -0.328 e. The predicted octanol–water partition coefficient (Wildman–Crippen LogP) is 1.78. The zero-order chi connectivity index (χ0) is 17.4. The first-order valence-corrected chi connectivity index (χ1v) is 8.74. The highest BCUT2D eigenvalue weighted by atomic mass is 16.1. The van der Waals surface area contributed by atoms with Crippen LogP contribution < -0.4 is 11.3 Å². The van der Waals surface area contributed by atoms with Gasteiger partial charge in [-0.05, 0) is 18.8 Å². The standard InChI is InChI=1S/C18H22N6O/c1-24-10-12(7-22-24)13-8-21-18(25)14-9-20-16(23-17(13)14)6-11-4-2-3-5-15(11)19/h7-11,15H,2-6,19H2,1H3,(H,21,25)/t11-,15-/m1/s1. The van der Waals surface area contributed by atoms with Crippen molar-refractivity contribution in [2.24, 2.45) is 18.7 Å². The van der Waals surface area contributed by atoms with Crippen molar-refractivity contribution in [3.8, 4) is 11.1 Å². The fourth-order valence-electron chi connectivity index (χ4n) is 3.68. The molecule has 0 radical (unpaired) electrons. The molecule has 0 bridgehead atoms. The van der Waals surface area contributed by atoms with Crippen LogP contribution in [0.2, 0.25) is 0 Å². The van der Waals surface area contributed by atoms with Crippen LogP contribution in [-0.4, -0.2) is 30.8 Å². The van der Waals surface area contributed by atoms with E-state index in [1.807, 2.05) is 13.2 Å². The monoisotopic (exact) mass is 338 g/mol. The van der Waals surface area contributed by atoms with Gasteiger partial charge in [-0.25, -0.2) is 9.97 Å². The number of aromatic amines is 1. The van der Waals surface area contributed by atoms with E-state index in [4.69, 9.17) is 10.7 Å². The van der Waals surface area contributed by atoms with E-state index < -0.39 is 0 Å². The Morgan fingerprint density at radius 2 is 2.16 bits per heavy atom. The number of hydrogen-bond donors (Lipinski definition) is 2. The molecule has 7 nitrogen and oxygen atoms in total. The fraction of sp³-hybridized carbons (Fsp3) is 0.444. The van der Waals surface area contributed by atoms with E-state index >= 15 is 0 Å². The van der Waals surface area contributed by atoms with Crippen LogP contribution in [0.15, 0.2) is 29.6 Å². The number of aromatic nitrogens is 5. The van der Waals surface area contributed by atoms with Crippen LogP contribution in [0.1, 0.15) is 31.5 Å². The Hall–Kier alpha value is -2.54. The molecule has 0 saturated heterocycles. The quantitative estimate of drug-likeness (QED) is 0.758. The zero-order valence-electron chi connectivity index (χ0n) is 14.3. The lowest BCUT2D eigenvalue weighted by Crippen LogP contribution is -2.34. The third-order valence-corrected chi connectivity index (χ3v) is 5.11. The molecule has 3 N–H and O–H groups in total. The second-order valence-corrected chi connectivity index (χ2v) is 6.90. The van der Waals surface area contributed by atoms with Crippen LogP contribution >= 0.6 is 0 Å². The van der Waals surface area contributed by atoms with Crippen molar-refractivity contribution in [2.75, 3.05) is 0 Å². The molecule has 1 fully saturated rings. The third-order valence-electron chi connectivity index (χ3n) is 5.11. The van der Waals surface area contributed by atoms with Gasteiger partial charge in [0.05, 0.1) is 17.1 Å². The van der Waals surface area contributed by atoms with E-state index in [0.29, 0.717) is 16.8 Å². The van der Waals surface area contributed by atoms with Crippen molar-refractivity contribution < 1.29 is 0 Å². The normalized spacial score (nSPS) is 20.9. The molecule has 1 aliphatic carbocycles. The van der Waals surface area contributed by atoms with Crippen molar-refractivity contribution in [3.05, 3.63) is 41.0 Å². The minimum absolute atomic E-state index is 0.177. The average molecular weight is 338 g/mol. The second-order valence-electron chi connectivity index (χ2n) is 6.90. The van der Waals surface area contributed by atoms with Crippen molar-refractivity contribution in [1.82, 2.24) is 24.7 Å². The molecule has 0 aliphatic heterocycles. The first-order valence-electron chi connectivity index (χ1n) is 8.74. The molecular formula is C18H22N6O. The summed E-state index contributed by atoms with van der Waals surface area (Å²) in [7, 11) is 1.86. The molecule has 1 aliphatic rings. The molecule has 3 aromatic heterocycles. The second kappa shape index (κ2) is 6.40. The van der Waals surface area contributed by atoms with Gasteiger partial charge in [-0.3, -0.25) is 9.48 Å². The van der Waals surface area contributed by atoms with E-state index in [2.05, 4.69) is 15.1 Å². The number of nitrogens with two attached hydrogens (primary N) is 1. The largest absolute Gasteiger partial charge is 0.328 e. The predicted molar refractivity (Wildman–Crippen MR) is 96.0 cm³/mol. The number of hydrogen-bond acceptors (Lipinski definition) is 5. The number of fused-ring (bicyclic) bond motifs is 1. The molecular weight excluding hydrogens is 316 g/mol. The van der Waals surface area contributed by atoms with Gasteiger partial charge in [-0.1, -0.05) is 12.8 Å². The van der Waals surface area contributed by atoms with Crippen molar-refractivity contribution >= 4 is 10.9 Å². The number of aryl methyl sites for hydroxylation is 1. The van der Waals surface area contributed by atoms with Crippen molar-refractivity contribution in [3.63, 3.8) is 0 Å². The van der Waals surface area contributed by atoms with E-state index in [1.165, 1.54) is 12.8 Å². The van der Waals surface area contributed by atoms with E-state index in [1.54, 1.807) is 23.3 Å². The van der Waals surface area contributed by atoms with Crippen molar-refractivity contribution in [1.29, 1.82) is 0 Å². The molecule has 3 heterocycles.